The van der Waals surface area contributed by atoms with Crippen LogP contribution in [0.25, 0.3) is 0 Å². The smallest absolute Gasteiger partial charge is 0.416 e. The molecule has 0 saturated carbocycles. The van der Waals surface area contributed by atoms with Gasteiger partial charge in [0.1, 0.15) is 23.5 Å². The fourth-order valence-corrected chi connectivity index (χ4v) is 4.06. The summed E-state index contributed by atoms with van der Waals surface area (Å²) in [4.78, 5) is 28.7. The lowest BCUT2D eigenvalue weighted by molar-refractivity contribution is -0.152. The highest BCUT2D eigenvalue weighted by Crippen LogP contribution is 2.42. The van der Waals surface area contributed by atoms with Crippen LogP contribution in [0.4, 0.5) is 23.7 Å². The van der Waals surface area contributed by atoms with Gasteiger partial charge in [-0.05, 0) is 45.9 Å². The van der Waals surface area contributed by atoms with Crippen molar-refractivity contribution in [2.24, 2.45) is 0 Å². The molecule has 10 heteroatoms. The highest BCUT2D eigenvalue weighted by Gasteiger charge is 2.54. The molecule has 1 aromatic carbocycles. The third kappa shape index (κ3) is 4.52. The Labute approximate surface area is 179 Å². The molecule has 1 fully saturated rings. The summed E-state index contributed by atoms with van der Waals surface area (Å²) in [6.07, 6.45) is -4.89. The molecule has 7 nitrogen and oxygen atoms in total. The minimum atomic E-state index is -4.48. The number of amides is 1. The Balaban J connectivity index is 1.92. The molecule has 2 atom stereocenters. The van der Waals surface area contributed by atoms with Crippen LogP contribution in [0.2, 0.25) is 0 Å². The predicted octanol–water partition coefficient (Wildman–Crippen LogP) is 3.85. The number of ether oxygens (including phenoxy) is 3. The molecule has 31 heavy (non-hydrogen) atoms. The third-order valence-corrected chi connectivity index (χ3v) is 5.49. The van der Waals surface area contributed by atoms with Crippen molar-refractivity contribution < 1.29 is 37.0 Å². The number of likely N-dealkylation sites (tertiary alicyclic amines) is 1. The predicted molar refractivity (Wildman–Crippen MR) is 106 cm³/mol. The molecule has 0 radical (unpaired) electrons. The van der Waals surface area contributed by atoms with Crippen molar-refractivity contribution in [1.29, 1.82) is 0 Å². The number of benzene rings is 1. The van der Waals surface area contributed by atoms with Crippen LogP contribution in [0.1, 0.15) is 39.7 Å². The molecule has 0 spiro atoms. The van der Waals surface area contributed by atoms with Gasteiger partial charge in [-0.25, -0.2) is 9.59 Å². The van der Waals surface area contributed by atoms with Gasteiger partial charge in [0.05, 0.1) is 24.9 Å². The Morgan fingerprint density at radius 1 is 1.23 bits per heavy atom. The molecule has 172 valence electrons. The van der Waals surface area contributed by atoms with E-state index in [1.54, 1.807) is 27.7 Å². The lowest BCUT2D eigenvalue weighted by atomic mass is 9.96. The Bertz CT molecular complexity index is 868. The number of carbonyl (C=O) groups is 2. The number of hydrogen-bond donors (Lipinski definition) is 0. The number of hydrogen-bond acceptors (Lipinski definition) is 6. The Kier molecular flexibility index (Phi) is 5.79. The molecule has 3 rings (SSSR count). The van der Waals surface area contributed by atoms with Crippen molar-refractivity contribution in [2.75, 3.05) is 31.7 Å². The Hall–Kier alpha value is -2.65. The molecule has 1 aromatic rings. The van der Waals surface area contributed by atoms with E-state index in [0.29, 0.717) is 12.2 Å². The lowest BCUT2D eigenvalue weighted by Gasteiger charge is -2.36. The maximum Gasteiger partial charge on any atom is 0.416 e. The van der Waals surface area contributed by atoms with Gasteiger partial charge in [-0.2, -0.15) is 13.2 Å². The first kappa shape index (κ1) is 23.0. The summed E-state index contributed by atoms with van der Waals surface area (Å²) < 4.78 is 55.1. The Morgan fingerprint density at radius 3 is 2.48 bits per heavy atom. The van der Waals surface area contributed by atoms with Gasteiger partial charge < -0.3 is 19.1 Å². The van der Waals surface area contributed by atoms with E-state index in [1.807, 2.05) is 4.90 Å². The second-order valence-corrected chi connectivity index (χ2v) is 8.94. The number of nitrogens with zero attached hydrogens (tertiary/aromatic N) is 2. The van der Waals surface area contributed by atoms with Gasteiger partial charge in [-0.1, -0.05) is 0 Å². The van der Waals surface area contributed by atoms with Gasteiger partial charge in [0.2, 0.25) is 0 Å². The highest BCUT2D eigenvalue weighted by molar-refractivity contribution is 5.86. The van der Waals surface area contributed by atoms with E-state index >= 15 is 0 Å². The van der Waals surface area contributed by atoms with Crippen LogP contribution in [0, 0.1) is 0 Å². The van der Waals surface area contributed by atoms with E-state index in [2.05, 4.69) is 0 Å². The summed E-state index contributed by atoms with van der Waals surface area (Å²) >= 11 is 0. The SMILES string of the molecule is COC(=O)[C@@]1(C)C[C@H](N2CCOc3cc(C(F)(F)F)ccc32)CN1C(=O)OC(C)(C)C. The van der Waals surface area contributed by atoms with Crippen LogP contribution in [0.5, 0.6) is 5.75 Å². The normalized spacial score (nSPS) is 23.8. The van der Waals surface area contributed by atoms with Crippen LogP contribution in [0.15, 0.2) is 18.2 Å². The van der Waals surface area contributed by atoms with Crippen LogP contribution in [0.3, 0.4) is 0 Å². The molecule has 0 unspecified atom stereocenters. The summed E-state index contributed by atoms with van der Waals surface area (Å²) in [6.45, 7) is 7.53. The topological polar surface area (TPSA) is 68.3 Å². The average Bonchev–Trinajstić information content (AvgIpc) is 3.03. The van der Waals surface area contributed by atoms with Crippen molar-refractivity contribution in [1.82, 2.24) is 4.90 Å². The Morgan fingerprint density at radius 2 is 1.90 bits per heavy atom. The average molecular weight is 444 g/mol. The number of methoxy groups -OCH3 is 1. The second-order valence-electron chi connectivity index (χ2n) is 8.94. The lowest BCUT2D eigenvalue weighted by Crippen LogP contribution is -2.52. The van der Waals surface area contributed by atoms with Crippen molar-refractivity contribution in [3.8, 4) is 5.75 Å². The van der Waals surface area contributed by atoms with E-state index in [1.165, 1.54) is 18.1 Å². The summed E-state index contributed by atoms with van der Waals surface area (Å²) in [5.74, 6) is -0.460. The molecule has 0 bridgehead atoms. The van der Waals surface area contributed by atoms with E-state index < -0.39 is 34.9 Å². The van der Waals surface area contributed by atoms with Gasteiger partial charge >= 0.3 is 18.2 Å². The maximum absolute atomic E-state index is 13.1. The monoisotopic (exact) mass is 444 g/mol. The number of alkyl halides is 3. The summed E-state index contributed by atoms with van der Waals surface area (Å²) in [5.41, 5.74) is -2.34. The summed E-state index contributed by atoms with van der Waals surface area (Å²) in [7, 11) is 1.25. The quantitative estimate of drug-likeness (QED) is 0.646. The van der Waals surface area contributed by atoms with Crippen molar-refractivity contribution in [2.45, 2.75) is 57.5 Å². The first-order chi connectivity index (χ1) is 14.3. The molecule has 0 N–H and O–H groups in total. The molecule has 2 heterocycles. The van der Waals surface area contributed by atoms with E-state index in [9.17, 15) is 22.8 Å². The number of rotatable bonds is 2. The van der Waals surface area contributed by atoms with Crippen LogP contribution < -0.4 is 9.64 Å². The number of halogens is 3. The zero-order chi connectivity index (χ0) is 23.2. The highest BCUT2D eigenvalue weighted by atomic mass is 19.4. The number of anilines is 1. The molecule has 1 amide bonds. The van der Waals surface area contributed by atoms with E-state index in [4.69, 9.17) is 14.2 Å². The zero-order valence-electron chi connectivity index (χ0n) is 18.2. The van der Waals surface area contributed by atoms with Crippen LogP contribution in [-0.2, 0) is 20.4 Å². The minimum absolute atomic E-state index is 0.122. The standard InChI is InChI=1S/C21H27F3N2O5/c1-19(2,3)31-18(28)26-12-14(11-20(26,4)17(27)29-5)25-8-9-30-16-10-13(21(22,23)24)6-7-15(16)25/h6-7,10,14H,8-9,11-12H2,1-5H3/t14-,20+/m0/s1. The maximum atomic E-state index is 13.1. The first-order valence-electron chi connectivity index (χ1n) is 9.96. The molecule has 2 aliphatic rings. The zero-order valence-corrected chi connectivity index (χ0v) is 18.2. The fourth-order valence-electron chi connectivity index (χ4n) is 4.06. The van der Waals surface area contributed by atoms with Gasteiger partial charge in [0.15, 0.2) is 0 Å². The van der Waals surface area contributed by atoms with Crippen molar-refractivity contribution >= 4 is 17.7 Å². The number of carbonyl (C=O) groups excluding carboxylic acids is 2. The number of esters is 1. The molecule has 0 aromatic heterocycles. The molecule has 1 saturated heterocycles. The molecular weight excluding hydrogens is 417 g/mol. The van der Waals surface area contributed by atoms with E-state index in [0.717, 1.165) is 12.1 Å². The minimum Gasteiger partial charge on any atom is -0.490 e. The van der Waals surface area contributed by atoms with Crippen molar-refractivity contribution in [3.05, 3.63) is 23.8 Å². The fraction of sp³-hybridized carbons (Fsp3) is 0.619. The number of fused-ring (bicyclic) bond motifs is 1. The van der Waals surface area contributed by atoms with Gasteiger partial charge in [-0.3, -0.25) is 4.90 Å². The van der Waals surface area contributed by atoms with Gasteiger partial charge in [-0.15, -0.1) is 0 Å². The first-order valence-corrected chi connectivity index (χ1v) is 9.96. The third-order valence-electron chi connectivity index (χ3n) is 5.49. The van der Waals surface area contributed by atoms with Crippen molar-refractivity contribution in [3.63, 3.8) is 0 Å². The molecular formula is C21H27F3N2O5. The molecule has 2 aliphatic heterocycles. The van der Waals surface area contributed by atoms with Crippen LogP contribution in [-0.4, -0.2) is 61.0 Å². The van der Waals surface area contributed by atoms with E-state index in [-0.39, 0.29) is 31.4 Å². The van der Waals surface area contributed by atoms with Gasteiger partial charge in [0, 0.05) is 19.0 Å². The largest absolute Gasteiger partial charge is 0.490 e. The summed E-state index contributed by atoms with van der Waals surface area (Å²) in [6, 6.07) is 3.00. The molecule has 0 aliphatic carbocycles. The second kappa shape index (κ2) is 7.80. The van der Waals surface area contributed by atoms with Crippen LogP contribution >= 0.6 is 0 Å². The van der Waals surface area contributed by atoms with Gasteiger partial charge in [0.25, 0.3) is 0 Å². The summed E-state index contributed by atoms with van der Waals surface area (Å²) in [5, 5.41) is 0.